The minimum absolute atomic E-state index is 0.177. The Morgan fingerprint density at radius 1 is 1.07 bits per heavy atom. The van der Waals surface area contributed by atoms with E-state index in [4.69, 9.17) is 11.6 Å². The predicted molar refractivity (Wildman–Crippen MR) is 111 cm³/mol. The van der Waals surface area contributed by atoms with Crippen LogP contribution in [0.4, 0.5) is 0 Å². The van der Waals surface area contributed by atoms with Gasteiger partial charge in [0, 0.05) is 36.9 Å². The number of nitrogens with one attached hydrogen (secondary N) is 1. The Kier molecular flexibility index (Phi) is 4.90. The van der Waals surface area contributed by atoms with Gasteiger partial charge in [0.2, 0.25) is 0 Å². The summed E-state index contributed by atoms with van der Waals surface area (Å²) in [7, 11) is 3.39. The first kappa shape index (κ1) is 18.9. The van der Waals surface area contributed by atoms with Gasteiger partial charge in [0.15, 0.2) is 5.69 Å². The number of imidazole rings is 1. The summed E-state index contributed by atoms with van der Waals surface area (Å²) in [5, 5.41) is 8.76. The summed E-state index contributed by atoms with van der Waals surface area (Å²) in [5.41, 5.74) is 0.748. The highest BCUT2D eigenvalue weighted by molar-refractivity contribution is 6.30. The molecule has 29 heavy (non-hydrogen) atoms. The maximum absolute atomic E-state index is 13.2. The number of hydrogen-bond donors (Lipinski definition) is 1. The van der Waals surface area contributed by atoms with Crippen molar-refractivity contribution in [2.45, 2.75) is 6.04 Å². The molecule has 0 saturated carbocycles. The van der Waals surface area contributed by atoms with E-state index in [9.17, 15) is 9.59 Å². The molecule has 8 heteroatoms. The number of halogens is 1. The molecule has 0 aliphatic rings. The monoisotopic (exact) mass is 407 g/mol. The molecule has 0 radical (unpaired) electrons. The van der Waals surface area contributed by atoms with E-state index in [2.05, 4.69) is 15.4 Å². The van der Waals surface area contributed by atoms with Gasteiger partial charge >= 0.3 is 0 Å². The van der Waals surface area contributed by atoms with Crippen LogP contribution in [0.15, 0.2) is 65.7 Å². The van der Waals surface area contributed by atoms with Gasteiger partial charge in [-0.15, -0.1) is 0 Å². The molecule has 1 unspecified atom stereocenters. The van der Waals surface area contributed by atoms with Crippen LogP contribution in [-0.2, 0) is 14.1 Å². The average Bonchev–Trinajstić information content (AvgIpc) is 3.15. The predicted octanol–water partition coefficient (Wildman–Crippen LogP) is 2.84. The summed E-state index contributed by atoms with van der Waals surface area (Å²) in [5.74, 6) is 0.259. The van der Waals surface area contributed by atoms with E-state index in [-0.39, 0.29) is 11.3 Å². The summed E-state index contributed by atoms with van der Waals surface area (Å²) < 4.78 is 3.02. The number of nitrogens with zero attached hydrogens (tertiary/aromatic N) is 4. The van der Waals surface area contributed by atoms with Crippen molar-refractivity contribution in [1.82, 2.24) is 24.6 Å². The molecule has 146 valence electrons. The number of aryl methyl sites for hydroxylation is 2. The number of benzene rings is 2. The van der Waals surface area contributed by atoms with Gasteiger partial charge in [-0.2, -0.15) is 5.10 Å². The lowest BCUT2D eigenvalue weighted by Gasteiger charge is -2.19. The van der Waals surface area contributed by atoms with Crippen LogP contribution in [0.25, 0.3) is 10.8 Å². The summed E-state index contributed by atoms with van der Waals surface area (Å²) >= 11 is 6.02. The highest BCUT2D eigenvalue weighted by atomic mass is 35.5. The lowest BCUT2D eigenvalue weighted by atomic mass is 10.1. The molecule has 0 saturated heterocycles. The van der Waals surface area contributed by atoms with E-state index in [0.29, 0.717) is 21.6 Å². The van der Waals surface area contributed by atoms with Crippen molar-refractivity contribution in [3.63, 3.8) is 0 Å². The van der Waals surface area contributed by atoms with Crippen molar-refractivity contribution in [2.24, 2.45) is 14.1 Å². The Balaban J connectivity index is 1.79. The Morgan fingerprint density at radius 2 is 1.76 bits per heavy atom. The molecule has 0 aliphatic carbocycles. The molecule has 1 amide bonds. The fraction of sp³-hybridized carbons (Fsp3) is 0.143. The Labute approximate surface area is 171 Å². The first-order valence-electron chi connectivity index (χ1n) is 8.95. The van der Waals surface area contributed by atoms with Gasteiger partial charge < -0.3 is 9.88 Å². The topological polar surface area (TPSA) is 81.8 Å². The van der Waals surface area contributed by atoms with Crippen molar-refractivity contribution in [2.75, 3.05) is 0 Å². The highest BCUT2D eigenvalue weighted by Gasteiger charge is 2.24. The van der Waals surface area contributed by atoms with Crippen molar-refractivity contribution in [3.8, 4) is 0 Å². The van der Waals surface area contributed by atoms with E-state index < -0.39 is 11.9 Å². The van der Waals surface area contributed by atoms with Gasteiger partial charge in [0.25, 0.3) is 11.5 Å². The first-order valence-corrected chi connectivity index (χ1v) is 9.33. The first-order chi connectivity index (χ1) is 14.0. The van der Waals surface area contributed by atoms with E-state index in [1.165, 1.54) is 11.7 Å². The SMILES string of the molecule is Cn1ccnc1C(NC(=O)c1nn(C)c(=O)c2ccccc12)c1ccc(Cl)cc1. The zero-order valence-electron chi connectivity index (χ0n) is 15.8. The maximum Gasteiger partial charge on any atom is 0.274 e. The fourth-order valence-electron chi connectivity index (χ4n) is 3.27. The van der Waals surface area contributed by atoms with Crippen molar-refractivity contribution < 1.29 is 4.79 Å². The molecule has 4 aromatic rings. The second-order valence-electron chi connectivity index (χ2n) is 6.68. The number of fused-ring (bicyclic) bond motifs is 1. The van der Waals surface area contributed by atoms with Gasteiger partial charge in [-0.1, -0.05) is 41.9 Å². The highest BCUT2D eigenvalue weighted by Crippen LogP contribution is 2.23. The van der Waals surface area contributed by atoms with Gasteiger partial charge in [0.1, 0.15) is 11.9 Å². The van der Waals surface area contributed by atoms with Crippen molar-refractivity contribution >= 4 is 28.3 Å². The van der Waals surface area contributed by atoms with Crippen LogP contribution in [0.1, 0.15) is 27.9 Å². The molecular formula is C21H18ClN5O2. The summed E-state index contributed by atoms with van der Waals surface area (Å²) in [6.07, 6.45) is 3.48. The number of hydrogen-bond acceptors (Lipinski definition) is 4. The number of carbonyl (C=O) groups is 1. The molecule has 0 fully saturated rings. The third kappa shape index (κ3) is 3.52. The van der Waals surface area contributed by atoms with Crippen LogP contribution in [0.5, 0.6) is 0 Å². The third-order valence-electron chi connectivity index (χ3n) is 4.77. The molecule has 4 rings (SSSR count). The number of rotatable bonds is 4. The van der Waals surface area contributed by atoms with E-state index in [1.54, 1.807) is 42.6 Å². The van der Waals surface area contributed by atoms with Crippen LogP contribution in [0.3, 0.4) is 0 Å². The van der Waals surface area contributed by atoms with Gasteiger partial charge in [0.05, 0.1) is 5.39 Å². The van der Waals surface area contributed by atoms with Crippen LogP contribution < -0.4 is 10.9 Å². The zero-order chi connectivity index (χ0) is 20.5. The molecule has 1 atom stereocenters. The standard InChI is InChI=1S/C21H18ClN5O2/c1-26-12-11-23-19(26)17(13-7-9-14(22)10-8-13)24-20(28)18-15-5-3-4-6-16(15)21(29)27(2)25-18/h3-12,17H,1-2H3,(H,24,28). The van der Waals surface area contributed by atoms with Crippen molar-refractivity contribution in [1.29, 1.82) is 0 Å². The second-order valence-corrected chi connectivity index (χ2v) is 7.11. The smallest absolute Gasteiger partial charge is 0.274 e. The molecule has 2 aromatic heterocycles. The number of carbonyl (C=O) groups excluding carboxylic acids is 1. The van der Waals surface area contributed by atoms with Crippen LogP contribution in [0, 0.1) is 0 Å². The summed E-state index contributed by atoms with van der Waals surface area (Å²) in [6, 6.07) is 13.6. The molecule has 0 bridgehead atoms. The third-order valence-corrected chi connectivity index (χ3v) is 5.02. The molecule has 2 aromatic carbocycles. The van der Waals surface area contributed by atoms with Gasteiger partial charge in [-0.05, 0) is 23.8 Å². The van der Waals surface area contributed by atoms with Crippen LogP contribution in [-0.4, -0.2) is 25.2 Å². The van der Waals surface area contributed by atoms with E-state index in [1.807, 2.05) is 29.9 Å². The Morgan fingerprint density at radius 3 is 2.41 bits per heavy atom. The lowest BCUT2D eigenvalue weighted by Crippen LogP contribution is -2.33. The maximum atomic E-state index is 13.2. The quantitative estimate of drug-likeness (QED) is 0.564. The van der Waals surface area contributed by atoms with Gasteiger partial charge in [-0.25, -0.2) is 9.67 Å². The van der Waals surface area contributed by atoms with E-state index >= 15 is 0 Å². The summed E-state index contributed by atoms with van der Waals surface area (Å²) in [6.45, 7) is 0. The average molecular weight is 408 g/mol. The molecule has 7 nitrogen and oxygen atoms in total. The largest absolute Gasteiger partial charge is 0.337 e. The molecular weight excluding hydrogens is 390 g/mol. The minimum Gasteiger partial charge on any atom is -0.337 e. The second kappa shape index (κ2) is 7.52. The Hall–Kier alpha value is -3.45. The molecule has 0 aliphatic heterocycles. The number of aromatic nitrogens is 4. The number of amides is 1. The fourth-order valence-corrected chi connectivity index (χ4v) is 3.40. The summed E-state index contributed by atoms with van der Waals surface area (Å²) in [4.78, 5) is 30.0. The normalized spacial score (nSPS) is 12.1. The minimum atomic E-state index is -0.516. The lowest BCUT2D eigenvalue weighted by molar-refractivity contribution is 0.0936. The van der Waals surface area contributed by atoms with Crippen LogP contribution >= 0.6 is 11.6 Å². The molecule has 1 N–H and O–H groups in total. The van der Waals surface area contributed by atoms with Gasteiger partial charge in [-0.3, -0.25) is 9.59 Å². The van der Waals surface area contributed by atoms with E-state index in [0.717, 1.165) is 5.56 Å². The van der Waals surface area contributed by atoms with Crippen molar-refractivity contribution in [3.05, 3.63) is 93.4 Å². The zero-order valence-corrected chi connectivity index (χ0v) is 16.6. The Bertz CT molecular complexity index is 1260. The van der Waals surface area contributed by atoms with Crippen LogP contribution in [0.2, 0.25) is 5.02 Å². The molecule has 0 spiro atoms. The molecule has 2 heterocycles.